The van der Waals surface area contributed by atoms with Crippen molar-refractivity contribution in [3.05, 3.63) is 185 Å². The minimum atomic E-state index is -0.355. The van der Waals surface area contributed by atoms with Gasteiger partial charge in [0.1, 0.15) is 34.0 Å². The molecule has 0 atom stereocenters. The molecular formula is C50H40F3N9O5S3. The zero-order valence-electron chi connectivity index (χ0n) is 37.8. The molecule has 9 aromatic heterocycles. The first-order valence-electron chi connectivity index (χ1n) is 21.6. The van der Waals surface area contributed by atoms with E-state index in [1.54, 1.807) is 91.6 Å². The average molecular weight is 1000 g/mol. The number of methoxy groups -OCH3 is 1. The molecule has 14 nitrogen and oxygen atoms in total. The van der Waals surface area contributed by atoms with Crippen molar-refractivity contribution in [2.75, 3.05) is 7.11 Å². The average Bonchev–Trinajstić information content (AvgIpc) is 4.22. The van der Waals surface area contributed by atoms with E-state index in [-0.39, 0.29) is 60.4 Å². The standard InChI is InChI=1S/2C17H14FN3O2S.C16H12FN3OS/c1-20-13-7-14(23-2)24-16(13)11-8-19-21(17(22)15(11)20)9-10-5-3-4-6-12(10)18;1-20-14-6-11(9-22)24-16(14)12-7-19-21(17(23)15(12)20)8-10-4-2-3-5-13(10)18;1-19-13-6-7-22-15(13)11-8-18-20(16(21)14(11)19)9-10-4-2-3-5-12(10)17/h3-8H,9H2,1-2H3;2-7,22H,8-9H2,1H3;2-8H,9H2,1H3. The number of aliphatic hydroxyl groups excluding tert-OH is 1. The van der Waals surface area contributed by atoms with Crippen molar-refractivity contribution in [3.63, 3.8) is 0 Å². The topological polar surface area (TPSA) is 149 Å². The van der Waals surface area contributed by atoms with Gasteiger partial charge in [-0.2, -0.15) is 15.3 Å². The maximum Gasteiger partial charge on any atom is 0.291 e. The van der Waals surface area contributed by atoms with Crippen LogP contribution in [0.1, 0.15) is 21.6 Å². The second kappa shape index (κ2) is 18.7. The molecular weight excluding hydrogens is 960 g/mol. The van der Waals surface area contributed by atoms with Gasteiger partial charge in [0.15, 0.2) is 5.06 Å². The molecule has 0 saturated heterocycles. The predicted octanol–water partition coefficient (Wildman–Crippen LogP) is 8.91. The molecule has 3 aromatic carbocycles. The fourth-order valence-electron chi connectivity index (χ4n) is 8.59. The summed E-state index contributed by atoms with van der Waals surface area (Å²) in [6.45, 7) is 0.282. The molecule has 9 heterocycles. The molecule has 0 aliphatic rings. The van der Waals surface area contributed by atoms with E-state index >= 15 is 0 Å². The molecule has 0 bridgehead atoms. The van der Waals surface area contributed by atoms with Crippen molar-refractivity contribution >= 4 is 97.4 Å². The Bertz CT molecular complexity index is 3980. The maximum absolute atomic E-state index is 13.8. The molecule has 12 rings (SSSR count). The van der Waals surface area contributed by atoms with E-state index in [4.69, 9.17) is 4.74 Å². The van der Waals surface area contributed by atoms with E-state index in [2.05, 4.69) is 15.3 Å². The molecule has 0 spiro atoms. The van der Waals surface area contributed by atoms with E-state index in [1.165, 1.54) is 54.9 Å². The third-order valence-corrected chi connectivity index (χ3v) is 15.4. The summed E-state index contributed by atoms with van der Waals surface area (Å²) >= 11 is 4.52. The Kier molecular flexibility index (Phi) is 12.3. The number of halogens is 3. The van der Waals surface area contributed by atoms with Crippen LogP contribution in [-0.2, 0) is 47.4 Å². The summed E-state index contributed by atoms with van der Waals surface area (Å²) in [4.78, 5) is 39.2. The van der Waals surface area contributed by atoms with Crippen molar-refractivity contribution in [2.24, 2.45) is 21.1 Å². The molecule has 12 aromatic rings. The number of nitrogens with zero attached hydrogens (tertiary/aromatic N) is 9. The number of aryl methyl sites for hydroxylation is 3. The Morgan fingerprint density at radius 2 is 0.943 bits per heavy atom. The van der Waals surface area contributed by atoms with Crippen LogP contribution in [0.2, 0.25) is 0 Å². The van der Waals surface area contributed by atoms with Gasteiger partial charge in [-0.3, -0.25) is 14.4 Å². The molecule has 0 amide bonds. The Balaban J connectivity index is 0.000000122. The van der Waals surface area contributed by atoms with Crippen LogP contribution < -0.4 is 21.4 Å². The van der Waals surface area contributed by atoms with Gasteiger partial charge >= 0.3 is 0 Å². The van der Waals surface area contributed by atoms with E-state index in [9.17, 15) is 32.7 Å². The van der Waals surface area contributed by atoms with E-state index < -0.39 is 0 Å². The first-order chi connectivity index (χ1) is 33.9. The third-order valence-electron chi connectivity index (χ3n) is 12.2. The zero-order chi connectivity index (χ0) is 49.0. The summed E-state index contributed by atoms with van der Waals surface area (Å²) in [5.41, 5.74) is 5.14. The van der Waals surface area contributed by atoms with Gasteiger partial charge < -0.3 is 23.5 Å². The Morgan fingerprint density at radius 3 is 1.37 bits per heavy atom. The molecule has 1 N–H and O–H groups in total. The lowest BCUT2D eigenvalue weighted by Gasteiger charge is -2.06. The monoisotopic (exact) mass is 999 g/mol. The van der Waals surface area contributed by atoms with Crippen LogP contribution in [0.15, 0.2) is 129 Å². The lowest BCUT2D eigenvalue weighted by molar-refractivity contribution is 0.285. The number of rotatable bonds is 8. The molecule has 0 radical (unpaired) electrons. The number of hydrogen-bond donors (Lipinski definition) is 1. The van der Waals surface area contributed by atoms with Crippen LogP contribution in [0.25, 0.3) is 63.4 Å². The van der Waals surface area contributed by atoms with Crippen molar-refractivity contribution in [1.82, 2.24) is 43.0 Å². The smallest absolute Gasteiger partial charge is 0.291 e. The first kappa shape index (κ1) is 46.1. The number of aromatic nitrogens is 9. The maximum atomic E-state index is 13.8. The Morgan fingerprint density at radius 1 is 0.543 bits per heavy atom. The Hall–Kier alpha value is -7.65. The highest BCUT2D eigenvalue weighted by Crippen LogP contribution is 2.37. The van der Waals surface area contributed by atoms with Crippen LogP contribution >= 0.6 is 34.0 Å². The molecule has 0 aliphatic heterocycles. The van der Waals surface area contributed by atoms with Crippen LogP contribution in [0.5, 0.6) is 5.06 Å². The molecule has 354 valence electrons. The van der Waals surface area contributed by atoms with E-state index in [0.29, 0.717) is 33.2 Å². The summed E-state index contributed by atoms with van der Waals surface area (Å²) < 4.78 is 59.1. The molecule has 70 heavy (non-hydrogen) atoms. The molecule has 0 aliphatic carbocycles. The van der Waals surface area contributed by atoms with Gasteiger partial charge in [-0.25, -0.2) is 27.2 Å². The number of fused-ring (bicyclic) bond motifs is 9. The highest BCUT2D eigenvalue weighted by atomic mass is 32.1. The lowest BCUT2D eigenvalue weighted by Crippen LogP contribution is -2.24. The summed E-state index contributed by atoms with van der Waals surface area (Å²) in [7, 11) is 7.14. The largest absolute Gasteiger partial charge is 0.487 e. The molecule has 0 fully saturated rings. The van der Waals surface area contributed by atoms with Crippen LogP contribution in [0.3, 0.4) is 0 Å². The lowest BCUT2D eigenvalue weighted by atomic mass is 10.2. The van der Waals surface area contributed by atoms with Crippen LogP contribution in [0, 0.1) is 17.5 Å². The summed E-state index contributed by atoms with van der Waals surface area (Å²) in [6, 6.07) is 25.0. The van der Waals surface area contributed by atoms with Crippen molar-refractivity contribution < 1.29 is 23.0 Å². The van der Waals surface area contributed by atoms with Crippen LogP contribution in [-0.4, -0.2) is 55.3 Å². The van der Waals surface area contributed by atoms with Gasteiger partial charge in [0.05, 0.1) is 82.6 Å². The van der Waals surface area contributed by atoms with Crippen molar-refractivity contribution in [2.45, 2.75) is 26.2 Å². The van der Waals surface area contributed by atoms with Gasteiger partial charge in [-0.05, 0) is 35.7 Å². The second-order valence-corrected chi connectivity index (χ2v) is 19.3. The number of aliphatic hydroxyl groups is 1. The fraction of sp³-hybridized carbons (Fsp3) is 0.160. The molecule has 0 saturated carbocycles. The minimum absolute atomic E-state index is 0.0291. The fourth-order valence-corrected chi connectivity index (χ4v) is 11.6. The normalized spacial score (nSPS) is 11.5. The highest BCUT2D eigenvalue weighted by molar-refractivity contribution is 7.21. The van der Waals surface area contributed by atoms with Gasteiger partial charge in [-0.15, -0.1) is 22.7 Å². The molecule has 0 unspecified atom stereocenters. The number of thiophene rings is 3. The van der Waals surface area contributed by atoms with Crippen molar-refractivity contribution in [1.29, 1.82) is 0 Å². The molecule has 20 heteroatoms. The van der Waals surface area contributed by atoms with Crippen molar-refractivity contribution in [3.8, 4) is 5.06 Å². The van der Waals surface area contributed by atoms with Crippen LogP contribution in [0.4, 0.5) is 13.2 Å². The number of ether oxygens (including phenoxy) is 1. The first-order valence-corrected chi connectivity index (χ1v) is 24.1. The highest BCUT2D eigenvalue weighted by Gasteiger charge is 2.20. The van der Waals surface area contributed by atoms with E-state index in [1.807, 2.05) is 58.4 Å². The van der Waals surface area contributed by atoms with Gasteiger partial charge in [-0.1, -0.05) is 65.9 Å². The van der Waals surface area contributed by atoms with Gasteiger partial charge in [0.2, 0.25) is 0 Å². The number of hydrogen-bond acceptors (Lipinski definition) is 11. The Labute approximate surface area is 406 Å². The van der Waals surface area contributed by atoms with Gasteiger partial charge in [0.25, 0.3) is 16.7 Å². The summed E-state index contributed by atoms with van der Waals surface area (Å²) in [6.07, 6.45) is 4.99. The predicted molar refractivity (Wildman–Crippen MR) is 270 cm³/mol. The third kappa shape index (κ3) is 8.07. The zero-order valence-corrected chi connectivity index (χ0v) is 40.2. The summed E-state index contributed by atoms with van der Waals surface area (Å²) in [5.74, 6) is -1.03. The minimum Gasteiger partial charge on any atom is -0.487 e. The summed E-state index contributed by atoms with van der Waals surface area (Å²) in [5, 5.41) is 27.1. The quantitative estimate of drug-likeness (QED) is 0.159. The number of benzene rings is 3. The SMILES string of the molecule is COc1cc2c(s1)c1cnn(Cc3ccccc3F)c(=O)c1n2C.Cn1c2cc(CO)sc2c2cnn(Cc3ccccc3F)c(=O)c21.Cn1c2ccsc2c2cnn(Cc3ccccc3F)c(=O)c21. The van der Waals surface area contributed by atoms with Gasteiger partial charge in [0, 0.05) is 64.9 Å². The second-order valence-electron chi connectivity index (χ2n) is 16.3. The van der Waals surface area contributed by atoms with E-state index in [0.717, 1.165) is 56.7 Å².